The summed E-state index contributed by atoms with van der Waals surface area (Å²) in [5.41, 5.74) is 6.22. The van der Waals surface area contributed by atoms with Crippen LogP contribution in [0.2, 0.25) is 0 Å². The van der Waals surface area contributed by atoms with Gasteiger partial charge in [0.1, 0.15) is 11.6 Å². The molecule has 1 aliphatic rings. The number of anilines is 1. The fourth-order valence-corrected chi connectivity index (χ4v) is 2.96. The van der Waals surface area contributed by atoms with Crippen LogP contribution in [0, 0.1) is 0 Å². The first-order valence-corrected chi connectivity index (χ1v) is 7.15. The van der Waals surface area contributed by atoms with Crippen LogP contribution in [0.5, 0.6) is 0 Å². The van der Waals surface area contributed by atoms with Gasteiger partial charge in [-0.15, -0.1) is 0 Å². The Labute approximate surface area is 120 Å². The second kappa shape index (κ2) is 5.27. The summed E-state index contributed by atoms with van der Waals surface area (Å²) in [7, 11) is 0. The average Bonchev–Trinajstić information content (AvgIpc) is 2.86. The highest BCUT2D eigenvalue weighted by molar-refractivity contribution is 9.10. The lowest BCUT2D eigenvalue weighted by Gasteiger charge is -2.09. The van der Waals surface area contributed by atoms with Crippen LogP contribution in [-0.4, -0.2) is 9.97 Å². The highest BCUT2D eigenvalue weighted by Crippen LogP contribution is 2.26. The first-order valence-electron chi connectivity index (χ1n) is 6.36. The van der Waals surface area contributed by atoms with E-state index in [4.69, 9.17) is 5.84 Å². The number of aryl methyl sites for hydroxylation is 1. The van der Waals surface area contributed by atoms with Crippen LogP contribution in [0.25, 0.3) is 0 Å². The minimum absolute atomic E-state index is 0.724. The summed E-state index contributed by atoms with van der Waals surface area (Å²) in [6.07, 6.45) is 3.91. The second-order valence-corrected chi connectivity index (χ2v) is 5.63. The number of nitrogens with two attached hydrogens (primary N) is 1. The van der Waals surface area contributed by atoms with E-state index in [-0.39, 0.29) is 0 Å². The van der Waals surface area contributed by atoms with Crippen molar-refractivity contribution in [1.29, 1.82) is 0 Å². The SMILES string of the molecule is NNc1nc(Cc2cccc(Br)c2)nc2c1CCC2. The van der Waals surface area contributed by atoms with E-state index in [1.807, 2.05) is 12.1 Å². The largest absolute Gasteiger partial charge is 0.308 e. The monoisotopic (exact) mass is 318 g/mol. The zero-order valence-electron chi connectivity index (χ0n) is 10.5. The van der Waals surface area contributed by atoms with E-state index >= 15 is 0 Å². The van der Waals surface area contributed by atoms with Gasteiger partial charge in [-0.1, -0.05) is 28.1 Å². The van der Waals surface area contributed by atoms with Gasteiger partial charge in [-0.25, -0.2) is 15.8 Å². The predicted octanol–water partition coefficient (Wildman–Crippen LogP) is 2.60. The summed E-state index contributed by atoms with van der Waals surface area (Å²) < 4.78 is 1.07. The molecule has 1 aromatic heterocycles. The van der Waals surface area contributed by atoms with Crippen molar-refractivity contribution in [2.45, 2.75) is 25.7 Å². The lowest BCUT2D eigenvalue weighted by molar-refractivity contribution is 0.885. The zero-order valence-corrected chi connectivity index (χ0v) is 12.1. The average molecular weight is 319 g/mol. The number of halogens is 1. The van der Waals surface area contributed by atoms with Crippen LogP contribution in [0.4, 0.5) is 5.82 Å². The Kier molecular flexibility index (Phi) is 3.48. The molecule has 1 heterocycles. The van der Waals surface area contributed by atoms with Gasteiger partial charge in [-0.3, -0.25) is 0 Å². The molecule has 0 saturated heterocycles. The molecule has 1 aromatic carbocycles. The van der Waals surface area contributed by atoms with E-state index in [0.717, 1.165) is 47.5 Å². The molecule has 0 fully saturated rings. The number of nitrogen functional groups attached to an aromatic ring is 1. The Morgan fingerprint density at radius 3 is 2.95 bits per heavy atom. The normalized spacial score (nSPS) is 13.4. The Bertz CT molecular complexity index is 612. The van der Waals surface area contributed by atoms with E-state index in [2.05, 4.69) is 43.5 Å². The molecule has 98 valence electrons. The third-order valence-electron chi connectivity index (χ3n) is 3.37. The maximum absolute atomic E-state index is 5.56. The van der Waals surface area contributed by atoms with Crippen molar-refractivity contribution >= 4 is 21.7 Å². The van der Waals surface area contributed by atoms with E-state index in [9.17, 15) is 0 Å². The Balaban J connectivity index is 1.93. The highest BCUT2D eigenvalue weighted by atomic mass is 79.9. The van der Waals surface area contributed by atoms with Gasteiger partial charge >= 0.3 is 0 Å². The number of aromatic nitrogens is 2. The summed E-state index contributed by atoms with van der Waals surface area (Å²) in [6.45, 7) is 0. The van der Waals surface area contributed by atoms with E-state index in [0.29, 0.717) is 0 Å². The molecule has 0 radical (unpaired) electrons. The van der Waals surface area contributed by atoms with Crippen LogP contribution in [0.15, 0.2) is 28.7 Å². The summed E-state index contributed by atoms with van der Waals surface area (Å²) in [4.78, 5) is 9.19. The molecule has 0 aliphatic heterocycles. The minimum atomic E-state index is 0.724. The van der Waals surface area contributed by atoms with Gasteiger partial charge in [0.15, 0.2) is 0 Å². The summed E-state index contributed by atoms with van der Waals surface area (Å²) >= 11 is 3.48. The second-order valence-electron chi connectivity index (χ2n) is 4.72. The molecule has 3 rings (SSSR count). The third kappa shape index (κ3) is 2.62. The van der Waals surface area contributed by atoms with Gasteiger partial charge in [0, 0.05) is 22.2 Å². The molecule has 2 aromatic rings. The topological polar surface area (TPSA) is 63.8 Å². The number of benzene rings is 1. The first kappa shape index (κ1) is 12.6. The van der Waals surface area contributed by atoms with Gasteiger partial charge < -0.3 is 5.43 Å². The molecule has 0 amide bonds. The van der Waals surface area contributed by atoms with Gasteiger partial charge in [0.05, 0.1) is 0 Å². The number of nitrogens with zero attached hydrogens (tertiary/aromatic N) is 2. The summed E-state index contributed by atoms with van der Waals surface area (Å²) in [5.74, 6) is 7.17. The number of hydrazine groups is 1. The lowest BCUT2D eigenvalue weighted by Crippen LogP contribution is -2.14. The maximum atomic E-state index is 5.56. The van der Waals surface area contributed by atoms with Crippen molar-refractivity contribution in [1.82, 2.24) is 9.97 Å². The molecular formula is C14H15BrN4. The van der Waals surface area contributed by atoms with E-state index < -0.39 is 0 Å². The Morgan fingerprint density at radius 2 is 2.16 bits per heavy atom. The quantitative estimate of drug-likeness (QED) is 0.674. The molecule has 4 nitrogen and oxygen atoms in total. The number of nitrogens with one attached hydrogen (secondary N) is 1. The number of fused-ring (bicyclic) bond motifs is 1. The fourth-order valence-electron chi connectivity index (χ4n) is 2.51. The van der Waals surface area contributed by atoms with Gasteiger partial charge in [0.25, 0.3) is 0 Å². The predicted molar refractivity (Wildman–Crippen MR) is 78.8 cm³/mol. The van der Waals surface area contributed by atoms with Crippen LogP contribution >= 0.6 is 15.9 Å². The maximum Gasteiger partial charge on any atom is 0.147 e. The molecule has 19 heavy (non-hydrogen) atoms. The molecule has 0 unspecified atom stereocenters. The molecule has 1 aliphatic carbocycles. The van der Waals surface area contributed by atoms with Gasteiger partial charge in [0.2, 0.25) is 0 Å². The summed E-state index contributed by atoms with van der Waals surface area (Å²) in [5, 5.41) is 0. The van der Waals surface area contributed by atoms with Crippen molar-refractivity contribution in [3.05, 3.63) is 51.4 Å². The Hall–Kier alpha value is -1.46. The highest BCUT2D eigenvalue weighted by Gasteiger charge is 2.18. The van der Waals surface area contributed by atoms with Crippen molar-refractivity contribution in [2.24, 2.45) is 5.84 Å². The number of rotatable bonds is 3. The molecule has 3 N–H and O–H groups in total. The number of hydrogen-bond donors (Lipinski definition) is 2. The standard InChI is InChI=1S/C14H15BrN4/c15-10-4-1-3-9(7-10)8-13-17-12-6-2-5-11(12)14(18-13)19-16/h1,3-4,7H,2,5-6,8,16H2,(H,17,18,19). The van der Waals surface area contributed by atoms with Crippen LogP contribution in [0.1, 0.15) is 29.1 Å². The lowest BCUT2D eigenvalue weighted by atomic mass is 10.1. The van der Waals surface area contributed by atoms with Crippen molar-refractivity contribution in [2.75, 3.05) is 5.43 Å². The van der Waals surface area contributed by atoms with Crippen LogP contribution < -0.4 is 11.3 Å². The summed E-state index contributed by atoms with van der Waals surface area (Å²) in [6, 6.07) is 8.21. The molecule has 0 atom stereocenters. The van der Waals surface area contributed by atoms with Crippen LogP contribution in [-0.2, 0) is 19.3 Å². The van der Waals surface area contributed by atoms with Crippen molar-refractivity contribution in [3.63, 3.8) is 0 Å². The number of hydrogen-bond acceptors (Lipinski definition) is 4. The molecular weight excluding hydrogens is 304 g/mol. The van der Waals surface area contributed by atoms with E-state index in [1.165, 1.54) is 11.1 Å². The molecule has 0 bridgehead atoms. The van der Waals surface area contributed by atoms with Crippen molar-refractivity contribution in [3.8, 4) is 0 Å². The van der Waals surface area contributed by atoms with Gasteiger partial charge in [-0.05, 0) is 37.0 Å². The molecule has 0 spiro atoms. The van der Waals surface area contributed by atoms with Crippen LogP contribution in [0.3, 0.4) is 0 Å². The van der Waals surface area contributed by atoms with E-state index in [1.54, 1.807) is 0 Å². The smallest absolute Gasteiger partial charge is 0.147 e. The minimum Gasteiger partial charge on any atom is -0.308 e. The zero-order chi connectivity index (χ0) is 13.2. The molecule has 0 saturated carbocycles. The third-order valence-corrected chi connectivity index (χ3v) is 3.86. The Morgan fingerprint density at radius 1 is 1.26 bits per heavy atom. The first-order chi connectivity index (χ1) is 9.26. The van der Waals surface area contributed by atoms with Gasteiger partial charge in [-0.2, -0.15) is 0 Å². The fraction of sp³-hybridized carbons (Fsp3) is 0.286. The van der Waals surface area contributed by atoms with Crippen molar-refractivity contribution < 1.29 is 0 Å². The molecule has 5 heteroatoms.